The predicted molar refractivity (Wildman–Crippen MR) is 104 cm³/mol. The van der Waals surface area contributed by atoms with E-state index in [0.717, 1.165) is 6.42 Å². The molecule has 0 bridgehead atoms. The van der Waals surface area contributed by atoms with Crippen molar-refractivity contribution < 1.29 is 0 Å². The third-order valence-electron chi connectivity index (χ3n) is 5.27. The first kappa shape index (κ1) is 13.6. The summed E-state index contributed by atoms with van der Waals surface area (Å²) in [6.07, 6.45) is 3.39. The number of rotatable bonds is 1. The molecule has 0 saturated carbocycles. The van der Waals surface area contributed by atoms with E-state index >= 15 is 0 Å². The zero-order chi connectivity index (χ0) is 16.3. The molecule has 0 saturated heterocycles. The first-order chi connectivity index (χ1) is 11.7. The standard InChI is InChI=1S/C23H19N/c1-24(2)19-12-18-8-10-20-21(23(18)14-19)9-7-17-11-15-5-3-4-6-16(15)13-22(17)20/h3-11,13-14H,12H2,1-2H3. The van der Waals surface area contributed by atoms with Gasteiger partial charge in [-0.15, -0.1) is 0 Å². The van der Waals surface area contributed by atoms with Gasteiger partial charge in [0.15, 0.2) is 0 Å². The second-order valence-electron chi connectivity index (χ2n) is 6.93. The molecule has 1 heteroatoms. The normalized spacial score (nSPS) is 13.5. The molecule has 0 unspecified atom stereocenters. The molecular weight excluding hydrogens is 290 g/mol. The van der Waals surface area contributed by atoms with Crippen LogP contribution in [0.25, 0.3) is 38.4 Å². The van der Waals surface area contributed by atoms with Gasteiger partial charge in [-0.2, -0.15) is 0 Å². The summed E-state index contributed by atoms with van der Waals surface area (Å²) in [5.74, 6) is 0. The minimum Gasteiger partial charge on any atom is -0.381 e. The summed E-state index contributed by atoms with van der Waals surface area (Å²) in [5, 5.41) is 8.00. The Balaban J connectivity index is 1.86. The lowest BCUT2D eigenvalue weighted by molar-refractivity contribution is 0.507. The number of hydrogen-bond donors (Lipinski definition) is 0. The Hall–Kier alpha value is -2.80. The third kappa shape index (κ3) is 1.88. The second-order valence-corrected chi connectivity index (χ2v) is 6.93. The van der Waals surface area contributed by atoms with Gasteiger partial charge in [-0.1, -0.05) is 48.5 Å². The highest BCUT2D eigenvalue weighted by Gasteiger charge is 2.17. The van der Waals surface area contributed by atoms with Crippen molar-refractivity contribution in [1.29, 1.82) is 0 Å². The molecule has 0 radical (unpaired) electrons. The Labute approximate surface area is 141 Å². The molecule has 0 aliphatic heterocycles. The van der Waals surface area contributed by atoms with E-state index < -0.39 is 0 Å². The zero-order valence-electron chi connectivity index (χ0n) is 14.0. The molecule has 0 aromatic heterocycles. The summed E-state index contributed by atoms with van der Waals surface area (Å²) in [4.78, 5) is 2.22. The van der Waals surface area contributed by atoms with E-state index in [2.05, 4.69) is 85.7 Å². The number of fused-ring (bicyclic) bond motifs is 6. The molecule has 0 N–H and O–H groups in total. The van der Waals surface area contributed by atoms with Crippen LogP contribution in [-0.4, -0.2) is 19.0 Å². The van der Waals surface area contributed by atoms with Crippen molar-refractivity contribution in [3.8, 4) is 0 Å². The molecule has 5 rings (SSSR count). The van der Waals surface area contributed by atoms with Crippen molar-refractivity contribution in [1.82, 2.24) is 4.90 Å². The van der Waals surface area contributed by atoms with Crippen LogP contribution >= 0.6 is 0 Å². The SMILES string of the molecule is CN(C)C1=Cc2c(ccc3c2ccc2cc4ccccc4cc23)C1. The zero-order valence-corrected chi connectivity index (χ0v) is 14.0. The van der Waals surface area contributed by atoms with Crippen molar-refractivity contribution in [3.05, 3.63) is 77.5 Å². The van der Waals surface area contributed by atoms with Crippen LogP contribution in [-0.2, 0) is 6.42 Å². The number of allylic oxidation sites excluding steroid dienone is 1. The molecule has 4 aromatic rings. The monoisotopic (exact) mass is 309 g/mol. The van der Waals surface area contributed by atoms with E-state index in [-0.39, 0.29) is 0 Å². The van der Waals surface area contributed by atoms with Gasteiger partial charge in [0.1, 0.15) is 0 Å². The highest BCUT2D eigenvalue weighted by Crippen LogP contribution is 2.36. The summed E-state index contributed by atoms with van der Waals surface area (Å²) < 4.78 is 0. The fraction of sp³-hybridized carbons (Fsp3) is 0.130. The fourth-order valence-electron chi connectivity index (χ4n) is 3.92. The van der Waals surface area contributed by atoms with Crippen LogP contribution in [0, 0.1) is 0 Å². The van der Waals surface area contributed by atoms with Crippen LogP contribution in [0.4, 0.5) is 0 Å². The molecule has 116 valence electrons. The van der Waals surface area contributed by atoms with Gasteiger partial charge in [-0.25, -0.2) is 0 Å². The summed E-state index contributed by atoms with van der Waals surface area (Å²) in [5.41, 5.74) is 4.22. The average molecular weight is 309 g/mol. The molecule has 0 heterocycles. The first-order valence-electron chi connectivity index (χ1n) is 8.46. The second kappa shape index (κ2) is 4.85. The Morgan fingerprint density at radius 2 is 1.46 bits per heavy atom. The van der Waals surface area contributed by atoms with Gasteiger partial charge in [-0.3, -0.25) is 0 Å². The molecule has 0 fully saturated rings. The number of hydrogen-bond acceptors (Lipinski definition) is 1. The number of likely N-dealkylation sites (N-methyl/N-ethyl adjacent to an activating group) is 1. The van der Waals surface area contributed by atoms with Crippen molar-refractivity contribution in [2.45, 2.75) is 6.42 Å². The van der Waals surface area contributed by atoms with Gasteiger partial charge >= 0.3 is 0 Å². The van der Waals surface area contributed by atoms with Crippen LogP contribution < -0.4 is 0 Å². The first-order valence-corrected chi connectivity index (χ1v) is 8.46. The fourth-order valence-corrected chi connectivity index (χ4v) is 3.92. The summed E-state index contributed by atoms with van der Waals surface area (Å²) in [6.45, 7) is 0. The van der Waals surface area contributed by atoms with Crippen molar-refractivity contribution in [3.63, 3.8) is 0 Å². The maximum atomic E-state index is 2.35. The lowest BCUT2D eigenvalue weighted by Crippen LogP contribution is -2.10. The minimum atomic E-state index is 1.04. The van der Waals surface area contributed by atoms with E-state index in [1.54, 1.807) is 0 Å². The highest BCUT2D eigenvalue weighted by molar-refractivity contribution is 6.14. The van der Waals surface area contributed by atoms with E-state index in [0.29, 0.717) is 0 Å². The smallest absolute Gasteiger partial charge is 0.0178 e. The molecule has 1 aliphatic rings. The van der Waals surface area contributed by atoms with Gasteiger partial charge in [-0.05, 0) is 61.7 Å². The minimum absolute atomic E-state index is 1.04. The van der Waals surface area contributed by atoms with Gasteiger partial charge in [0.25, 0.3) is 0 Å². The molecule has 1 aliphatic carbocycles. The van der Waals surface area contributed by atoms with Crippen LogP contribution in [0.15, 0.2) is 66.4 Å². The molecular formula is C23H19N. The summed E-state index contributed by atoms with van der Waals surface area (Å²) in [7, 11) is 4.25. The lowest BCUT2D eigenvalue weighted by Gasteiger charge is -2.12. The molecule has 1 nitrogen and oxygen atoms in total. The van der Waals surface area contributed by atoms with Gasteiger partial charge in [0, 0.05) is 26.2 Å². The highest BCUT2D eigenvalue weighted by atomic mass is 15.1. The quantitative estimate of drug-likeness (QED) is 0.326. The lowest BCUT2D eigenvalue weighted by atomic mass is 9.94. The summed E-state index contributed by atoms with van der Waals surface area (Å²) >= 11 is 0. The van der Waals surface area contributed by atoms with Gasteiger partial charge in [0.2, 0.25) is 0 Å². The van der Waals surface area contributed by atoms with E-state index in [1.807, 2.05) is 0 Å². The molecule has 0 spiro atoms. The van der Waals surface area contributed by atoms with E-state index in [1.165, 1.54) is 49.1 Å². The van der Waals surface area contributed by atoms with Crippen LogP contribution in [0.5, 0.6) is 0 Å². The van der Waals surface area contributed by atoms with Crippen LogP contribution in [0.3, 0.4) is 0 Å². The molecule has 4 aromatic carbocycles. The van der Waals surface area contributed by atoms with Crippen LogP contribution in [0.1, 0.15) is 11.1 Å². The third-order valence-corrected chi connectivity index (χ3v) is 5.27. The maximum Gasteiger partial charge on any atom is 0.0178 e. The topological polar surface area (TPSA) is 3.24 Å². The van der Waals surface area contributed by atoms with E-state index in [4.69, 9.17) is 0 Å². The molecule has 24 heavy (non-hydrogen) atoms. The van der Waals surface area contributed by atoms with Gasteiger partial charge < -0.3 is 4.90 Å². The maximum absolute atomic E-state index is 2.35. The number of benzene rings is 4. The molecule has 0 amide bonds. The molecule has 0 atom stereocenters. The Kier molecular flexibility index (Phi) is 2.75. The summed E-state index contributed by atoms with van der Waals surface area (Å²) in [6, 6.07) is 22.4. The Bertz CT molecular complexity index is 1150. The van der Waals surface area contributed by atoms with Crippen LogP contribution in [0.2, 0.25) is 0 Å². The van der Waals surface area contributed by atoms with E-state index in [9.17, 15) is 0 Å². The van der Waals surface area contributed by atoms with Crippen molar-refractivity contribution >= 4 is 38.4 Å². The largest absolute Gasteiger partial charge is 0.381 e. The Morgan fingerprint density at radius 3 is 2.25 bits per heavy atom. The Morgan fingerprint density at radius 1 is 0.708 bits per heavy atom. The van der Waals surface area contributed by atoms with Crippen molar-refractivity contribution in [2.24, 2.45) is 0 Å². The average Bonchev–Trinajstić information content (AvgIpc) is 3.04. The van der Waals surface area contributed by atoms with Crippen molar-refractivity contribution in [2.75, 3.05) is 14.1 Å². The predicted octanol–water partition coefficient (Wildman–Crippen LogP) is 5.60. The van der Waals surface area contributed by atoms with Gasteiger partial charge in [0.05, 0.1) is 0 Å². The number of nitrogens with zero attached hydrogens (tertiary/aromatic N) is 1.